The molecule has 0 bridgehead atoms. The van der Waals surface area contributed by atoms with Crippen molar-refractivity contribution in [3.8, 4) is 5.75 Å². The van der Waals surface area contributed by atoms with Crippen LogP contribution in [0.2, 0.25) is 0 Å². The molecule has 1 aromatic heterocycles. The van der Waals surface area contributed by atoms with Crippen LogP contribution in [-0.2, 0) is 6.42 Å². The van der Waals surface area contributed by atoms with E-state index in [1.165, 1.54) is 0 Å². The number of rotatable bonds is 3. The molecule has 0 fully saturated rings. The highest BCUT2D eigenvalue weighted by Crippen LogP contribution is 2.26. The smallest absolute Gasteiger partial charge is 0.145 e. The fourth-order valence-electron chi connectivity index (χ4n) is 1.60. The molecule has 0 atom stereocenters. The maximum Gasteiger partial charge on any atom is 0.145 e. The molecule has 5 heteroatoms. The van der Waals surface area contributed by atoms with Crippen molar-refractivity contribution in [1.82, 2.24) is 9.97 Å². The second kappa shape index (κ2) is 4.32. The van der Waals surface area contributed by atoms with Crippen LogP contribution < -0.4 is 16.2 Å². The van der Waals surface area contributed by atoms with E-state index in [2.05, 4.69) is 9.97 Å². The average Bonchev–Trinajstić information content (AvgIpc) is 2.29. The predicted molar refractivity (Wildman–Crippen MR) is 63.3 cm³/mol. The number of hydrogen-bond acceptors (Lipinski definition) is 5. The Balaban J connectivity index is 2.67. The van der Waals surface area contributed by atoms with Gasteiger partial charge in [0.05, 0.1) is 7.11 Å². The highest BCUT2D eigenvalue weighted by molar-refractivity contribution is 5.92. The normalized spacial score (nSPS) is 10.6. The van der Waals surface area contributed by atoms with Gasteiger partial charge in [0.1, 0.15) is 22.9 Å². The SMILES string of the molecule is COc1cccc2c(N)nc(CCN)nc12. The van der Waals surface area contributed by atoms with Gasteiger partial charge in [-0.05, 0) is 18.7 Å². The van der Waals surface area contributed by atoms with Crippen LogP contribution in [0.1, 0.15) is 5.82 Å². The predicted octanol–water partition coefficient (Wildman–Crippen LogP) is 0.722. The minimum absolute atomic E-state index is 0.465. The van der Waals surface area contributed by atoms with Crippen LogP contribution >= 0.6 is 0 Å². The molecule has 5 nitrogen and oxygen atoms in total. The third-order valence-electron chi connectivity index (χ3n) is 2.35. The number of nitrogens with zero attached hydrogens (tertiary/aromatic N) is 2. The Labute approximate surface area is 93.4 Å². The maximum atomic E-state index is 5.86. The zero-order valence-corrected chi connectivity index (χ0v) is 9.10. The second-order valence-corrected chi connectivity index (χ2v) is 3.42. The summed E-state index contributed by atoms with van der Waals surface area (Å²) < 4.78 is 5.24. The van der Waals surface area contributed by atoms with Crippen molar-refractivity contribution in [2.45, 2.75) is 6.42 Å². The Morgan fingerprint density at radius 2 is 2.12 bits per heavy atom. The van der Waals surface area contributed by atoms with Gasteiger partial charge in [0.15, 0.2) is 0 Å². The summed E-state index contributed by atoms with van der Waals surface area (Å²) in [5, 5.41) is 0.806. The number of nitrogens with two attached hydrogens (primary N) is 2. The fourth-order valence-corrected chi connectivity index (χ4v) is 1.60. The number of ether oxygens (including phenoxy) is 1. The topological polar surface area (TPSA) is 87.0 Å². The molecule has 0 aliphatic heterocycles. The van der Waals surface area contributed by atoms with Crippen molar-refractivity contribution >= 4 is 16.7 Å². The molecule has 84 valence electrons. The lowest BCUT2D eigenvalue weighted by Crippen LogP contribution is -2.08. The van der Waals surface area contributed by atoms with Gasteiger partial charge in [0.25, 0.3) is 0 Å². The first kappa shape index (κ1) is 10.6. The number of methoxy groups -OCH3 is 1. The third-order valence-corrected chi connectivity index (χ3v) is 2.35. The monoisotopic (exact) mass is 218 g/mol. The van der Waals surface area contributed by atoms with Gasteiger partial charge in [-0.2, -0.15) is 0 Å². The molecule has 0 amide bonds. The van der Waals surface area contributed by atoms with Crippen molar-refractivity contribution in [1.29, 1.82) is 0 Å². The first-order chi connectivity index (χ1) is 7.76. The summed E-state index contributed by atoms with van der Waals surface area (Å²) in [7, 11) is 1.61. The van der Waals surface area contributed by atoms with Crippen molar-refractivity contribution in [2.75, 3.05) is 19.4 Å². The van der Waals surface area contributed by atoms with E-state index >= 15 is 0 Å². The van der Waals surface area contributed by atoms with Crippen LogP contribution in [0.25, 0.3) is 10.9 Å². The van der Waals surface area contributed by atoms with E-state index in [9.17, 15) is 0 Å². The van der Waals surface area contributed by atoms with E-state index in [1.54, 1.807) is 7.11 Å². The van der Waals surface area contributed by atoms with Crippen molar-refractivity contribution in [3.63, 3.8) is 0 Å². The van der Waals surface area contributed by atoms with Crippen LogP contribution in [0.3, 0.4) is 0 Å². The van der Waals surface area contributed by atoms with Gasteiger partial charge in [-0.25, -0.2) is 9.97 Å². The Morgan fingerprint density at radius 3 is 2.81 bits per heavy atom. The van der Waals surface area contributed by atoms with Crippen molar-refractivity contribution < 1.29 is 4.74 Å². The van der Waals surface area contributed by atoms with Gasteiger partial charge >= 0.3 is 0 Å². The van der Waals surface area contributed by atoms with Crippen LogP contribution in [0.5, 0.6) is 5.75 Å². The van der Waals surface area contributed by atoms with Gasteiger partial charge < -0.3 is 16.2 Å². The van der Waals surface area contributed by atoms with Crippen LogP contribution in [0.15, 0.2) is 18.2 Å². The molecule has 2 rings (SSSR count). The fraction of sp³-hybridized carbons (Fsp3) is 0.273. The second-order valence-electron chi connectivity index (χ2n) is 3.42. The standard InChI is InChI=1S/C11H14N4O/c1-16-8-4-2-3-7-10(8)14-9(5-6-12)15-11(7)13/h2-4H,5-6,12H2,1H3,(H2,13,14,15). The molecule has 0 aliphatic carbocycles. The molecule has 0 saturated heterocycles. The molecule has 0 aliphatic rings. The number of aromatic nitrogens is 2. The zero-order chi connectivity index (χ0) is 11.5. The summed E-state index contributed by atoms with van der Waals surface area (Å²) in [6.07, 6.45) is 0.609. The Morgan fingerprint density at radius 1 is 1.31 bits per heavy atom. The highest BCUT2D eigenvalue weighted by Gasteiger charge is 2.08. The lowest BCUT2D eigenvalue weighted by molar-refractivity contribution is 0.418. The number of benzene rings is 1. The van der Waals surface area contributed by atoms with E-state index in [0.717, 1.165) is 10.9 Å². The average molecular weight is 218 g/mol. The number of para-hydroxylation sites is 1. The molecular formula is C11H14N4O. The summed E-state index contributed by atoms with van der Waals surface area (Å²) in [5.41, 5.74) is 12.1. The quantitative estimate of drug-likeness (QED) is 0.792. The molecule has 16 heavy (non-hydrogen) atoms. The van der Waals surface area contributed by atoms with Crippen molar-refractivity contribution in [3.05, 3.63) is 24.0 Å². The van der Waals surface area contributed by atoms with Gasteiger partial charge in [0.2, 0.25) is 0 Å². The zero-order valence-electron chi connectivity index (χ0n) is 9.10. The minimum Gasteiger partial charge on any atom is -0.494 e. The van der Waals surface area contributed by atoms with E-state index < -0.39 is 0 Å². The molecule has 0 radical (unpaired) electrons. The number of nitrogen functional groups attached to an aromatic ring is 1. The molecule has 0 spiro atoms. The maximum absolute atomic E-state index is 5.86. The number of fused-ring (bicyclic) bond motifs is 1. The molecule has 4 N–H and O–H groups in total. The molecule has 1 aromatic carbocycles. The van der Waals surface area contributed by atoms with E-state index in [4.69, 9.17) is 16.2 Å². The molecular weight excluding hydrogens is 204 g/mol. The first-order valence-corrected chi connectivity index (χ1v) is 5.05. The number of anilines is 1. The molecule has 2 aromatic rings. The van der Waals surface area contributed by atoms with Gasteiger partial charge in [-0.3, -0.25) is 0 Å². The minimum atomic E-state index is 0.465. The van der Waals surface area contributed by atoms with E-state index in [-0.39, 0.29) is 0 Å². The van der Waals surface area contributed by atoms with Crippen LogP contribution in [0.4, 0.5) is 5.82 Å². The Bertz CT molecular complexity index is 513. The highest BCUT2D eigenvalue weighted by atomic mass is 16.5. The van der Waals surface area contributed by atoms with E-state index in [0.29, 0.717) is 30.4 Å². The summed E-state index contributed by atoms with van der Waals surface area (Å²) in [4.78, 5) is 8.60. The third kappa shape index (κ3) is 1.77. The lowest BCUT2D eigenvalue weighted by atomic mass is 10.2. The summed E-state index contributed by atoms with van der Waals surface area (Å²) in [5.74, 6) is 1.81. The Kier molecular flexibility index (Phi) is 2.87. The largest absolute Gasteiger partial charge is 0.494 e. The van der Waals surface area contributed by atoms with Crippen LogP contribution in [0, 0.1) is 0 Å². The van der Waals surface area contributed by atoms with Gasteiger partial charge in [0, 0.05) is 11.8 Å². The molecule has 0 saturated carbocycles. The van der Waals surface area contributed by atoms with Gasteiger partial charge in [-0.1, -0.05) is 6.07 Å². The first-order valence-electron chi connectivity index (χ1n) is 5.05. The Hall–Kier alpha value is -1.88. The van der Waals surface area contributed by atoms with Crippen molar-refractivity contribution in [2.24, 2.45) is 5.73 Å². The lowest BCUT2D eigenvalue weighted by Gasteiger charge is -2.07. The number of hydrogen-bond donors (Lipinski definition) is 2. The van der Waals surface area contributed by atoms with E-state index in [1.807, 2.05) is 18.2 Å². The summed E-state index contributed by atoms with van der Waals surface area (Å²) in [6, 6.07) is 5.59. The van der Waals surface area contributed by atoms with Crippen LogP contribution in [-0.4, -0.2) is 23.6 Å². The molecule has 1 heterocycles. The summed E-state index contributed by atoms with van der Waals surface area (Å²) in [6.45, 7) is 0.500. The summed E-state index contributed by atoms with van der Waals surface area (Å²) >= 11 is 0. The molecule has 0 unspecified atom stereocenters. The van der Waals surface area contributed by atoms with Gasteiger partial charge in [-0.15, -0.1) is 0 Å².